The molecule has 0 aliphatic carbocycles. The van der Waals surface area contributed by atoms with Gasteiger partial charge >= 0.3 is 0 Å². The molecule has 170 valence electrons. The summed E-state index contributed by atoms with van der Waals surface area (Å²) in [5.74, 6) is 0.650. The number of hydrogen-bond donors (Lipinski definition) is 1. The Hall–Kier alpha value is -3.01. The van der Waals surface area contributed by atoms with E-state index in [0.29, 0.717) is 24.4 Å². The van der Waals surface area contributed by atoms with Gasteiger partial charge < -0.3 is 9.32 Å². The Labute approximate surface area is 196 Å². The third-order valence-corrected chi connectivity index (χ3v) is 8.41. The number of fused-ring (bicyclic) bond motifs is 1. The van der Waals surface area contributed by atoms with E-state index in [0.717, 1.165) is 28.1 Å². The maximum Gasteiger partial charge on any atom is 0.253 e. The normalized spacial score (nSPS) is 16.8. The third-order valence-electron chi connectivity index (χ3n) is 5.80. The highest BCUT2D eigenvalue weighted by Gasteiger charge is 2.28. The molecular weight excluding hydrogens is 458 g/mol. The highest BCUT2D eigenvalue weighted by molar-refractivity contribution is 7.89. The van der Waals surface area contributed by atoms with Gasteiger partial charge in [0.2, 0.25) is 10.0 Å². The Morgan fingerprint density at radius 3 is 2.70 bits per heavy atom. The summed E-state index contributed by atoms with van der Waals surface area (Å²) in [5, 5.41) is 1.07. The van der Waals surface area contributed by atoms with Gasteiger partial charge in [-0.3, -0.25) is 4.79 Å². The molecule has 0 radical (unpaired) electrons. The lowest BCUT2D eigenvalue weighted by molar-refractivity contribution is 0.0707. The van der Waals surface area contributed by atoms with Crippen LogP contribution >= 0.6 is 11.3 Å². The molecular formula is C24H23N3O4S2. The van der Waals surface area contributed by atoms with Gasteiger partial charge in [0.15, 0.2) is 0 Å². The molecule has 1 unspecified atom stereocenters. The Balaban J connectivity index is 1.26. The summed E-state index contributed by atoms with van der Waals surface area (Å²) < 4.78 is 33.9. The molecule has 9 heteroatoms. The number of likely N-dealkylation sites (tertiary alicyclic amines) is 1. The number of carbonyl (C=O) groups excluding carboxylic acids is 1. The predicted molar refractivity (Wildman–Crippen MR) is 127 cm³/mol. The molecule has 1 atom stereocenters. The van der Waals surface area contributed by atoms with Crippen LogP contribution in [0.15, 0.2) is 76.2 Å². The summed E-state index contributed by atoms with van der Waals surface area (Å²) in [6.07, 6.45) is 3.41. The number of amides is 1. The zero-order chi connectivity index (χ0) is 22.8. The Morgan fingerprint density at radius 1 is 1.12 bits per heavy atom. The average Bonchev–Trinajstić information content (AvgIpc) is 3.52. The minimum absolute atomic E-state index is 0.0664. The summed E-state index contributed by atoms with van der Waals surface area (Å²) in [7, 11) is -3.70. The van der Waals surface area contributed by atoms with Crippen LogP contribution in [0.5, 0.6) is 0 Å². The van der Waals surface area contributed by atoms with E-state index in [2.05, 4.69) is 10.8 Å². The van der Waals surface area contributed by atoms with Crippen LogP contribution in [-0.2, 0) is 16.6 Å². The van der Waals surface area contributed by atoms with E-state index in [1.165, 1.54) is 18.4 Å². The van der Waals surface area contributed by atoms with Gasteiger partial charge in [-0.05, 0) is 61.4 Å². The largest absolute Gasteiger partial charge is 0.468 e. The molecule has 5 rings (SSSR count). The first-order valence-electron chi connectivity index (χ1n) is 10.8. The van der Waals surface area contributed by atoms with Crippen molar-refractivity contribution in [2.45, 2.75) is 30.2 Å². The van der Waals surface area contributed by atoms with Gasteiger partial charge in [-0.15, -0.1) is 11.3 Å². The van der Waals surface area contributed by atoms with E-state index in [-0.39, 0.29) is 23.3 Å². The van der Waals surface area contributed by atoms with Crippen molar-refractivity contribution in [3.8, 4) is 0 Å². The number of carbonyl (C=O) groups is 1. The molecule has 33 heavy (non-hydrogen) atoms. The number of thiazole rings is 1. The van der Waals surface area contributed by atoms with Gasteiger partial charge in [-0.1, -0.05) is 12.1 Å². The number of para-hydroxylation sites is 1. The van der Waals surface area contributed by atoms with Gasteiger partial charge in [0, 0.05) is 24.6 Å². The molecule has 0 saturated carbocycles. The van der Waals surface area contributed by atoms with Crippen molar-refractivity contribution < 1.29 is 17.6 Å². The van der Waals surface area contributed by atoms with Crippen molar-refractivity contribution >= 4 is 37.5 Å². The second-order valence-corrected chi connectivity index (χ2v) is 10.9. The standard InChI is InChI=1S/C24H23N3O4S2/c28-24(17-9-11-20(12-10-17)33(29,30)25-15-19-6-4-14-31-19)27-13-3-5-18(16-27)23-26-21-7-1-2-8-22(21)32-23/h1-2,4,6-12,14,18,25H,3,5,13,15-16H2. The van der Waals surface area contributed by atoms with Crippen LogP contribution in [0.1, 0.15) is 39.9 Å². The zero-order valence-corrected chi connectivity index (χ0v) is 19.4. The van der Waals surface area contributed by atoms with Crippen LogP contribution in [0.4, 0.5) is 0 Å². The first kappa shape index (κ1) is 21.8. The summed E-state index contributed by atoms with van der Waals surface area (Å²) in [5.41, 5.74) is 1.48. The number of sulfonamides is 1. The van der Waals surface area contributed by atoms with Crippen LogP contribution < -0.4 is 4.72 Å². The van der Waals surface area contributed by atoms with E-state index in [4.69, 9.17) is 9.40 Å². The van der Waals surface area contributed by atoms with Crippen molar-refractivity contribution in [2.75, 3.05) is 13.1 Å². The number of nitrogens with zero attached hydrogens (tertiary/aromatic N) is 2. The van der Waals surface area contributed by atoms with E-state index in [1.54, 1.807) is 35.6 Å². The monoisotopic (exact) mass is 481 g/mol. The van der Waals surface area contributed by atoms with Crippen molar-refractivity contribution in [3.63, 3.8) is 0 Å². The molecule has 1 fully saturated rings. The molecule has 2 aromatic heterocycles. The van der Waals surface area contributed by atoms with Crippen LogP contribution in [-0.4, -0.2) is 37.3 Å². The second-order valence-electron chi connectivity index (χ2n) is 8.04. The molecule has 2 aromatic carbocycles. The fourth-order valence-corrected chi connectivity index (χ4v) is 6.14. The highest BCUT2D eigenvalue weighted by Crippen LogP contribution is 2.33. The van der Waals surface area contributed by atoms with E-state index >= 15 is 0 Å². The SMILES string of the molecule is O=C(c1ccc(S(=O)(=O)NCc2ccco2)cc1)N1CCCC(c2nc3ccccc3s2)C1. The van der Waals surface area contributed by atoms with Crippen LogP contribution in [0.2, 0.25) is 0 Å². The summed E-state index contributed by atoms with van der Waals surface area (Å²) >= 11 is 1.69. The predicted octanol–water partition coefficient (Wildman–Crippen LogP) is 4.39. The van der Waals surface area contributed by atoms with Gasteiger partial charge in [0.1, 0.15) is 5.76 Å². The van der Waals surface area contributed by atoms with E-state index < -0.39 is 10.0 Å². The number of benzene rings is 2. The molecule has 1 saturated heterocycles. The van der Waals surface area contributed by atoms with Crippen molar-refractivity contribution in [1.82, 2.24) is 14.6 Å². The quantitative estimate of drug-likeness (QED) is 0.441. The van der Waals surface area contributed by atoms with Crippen LogP contribution in [0, 0.1) is 0 Å². The lowest BCUT2D eigenvalue weighted by Crippen LogP contribution is -2.39. The molecule has 1 N–H and O–H groups in total. The summed E-state index contributed by atoms with van der Waals surface area (Å²) in [6.45, 7) is 1.37. The molecule has 7 nitrogen and oxygen atoms in total. The number of nitrogens with one attached hydrogen (secondary N) is 1. The number of furan rings is 1. The molecule has 1 amide bonds. The lowest BCUT2D eigenvalue weighted by atomic mass is 9.98. The molecule has 1 aliphatic heterocycles. The zero-order valence-electron chi connectivity index (χ0n) is 17.8. The third kappa shape index (κ3) is 4.71. The number of aromatic nitrogens is 1. The Bertz CT molecular complexity index is 1330. The molecule has 3 heterocycles. The van der Waals surface area contributed by atoms with Gasteiger partial charge in [-0.25, -0.2) is 18.1 Å². The Kier molecular flexibility index (Phi) is 6.01. The second kappa shape index (κ2) is 9.09. The molecule has 1 aliphatic rings. The van der Waals surface area contributed by atoms with Crippen molar-refractivity contribution in [2.24, 2.45) is 0 Å². The lowest BCUT2D eigenvalue weighted by Gasteiger charge is -2.32. The average molecular weight is 482 g/mol. The number of piperidine rings is 1. The van der Waals surface area contributed by atoms with Crippen molar-refractivity contribution in [1.29, 1.82) is 0 Å². The maximum atomic E-state index is 13.1. The van der Waals surface area contributed by atoms with Crippen LogP contribution in [0.25, 0.3) is 10.2 Å². The Morgan fingerprint density at radius 2 is 1.94 bits per heavy atom. The topological polar surface area (TPSA) is 92.5 Å². The number of rotatable bonds is 6. The molecule has 0 spiro atoms. The van der Waals surface area contributed by atoms with Crippen LogP contribution in [0.3, 0.4) is 0 Å². The number of hydrogen-bond acceptors (Lipinski definition) is 6. The molecule has 0 bridgehead atoms. The summed E-state index contributed by atoms with van der Waals surface area (Å²) in [6, 6.07) is 17.6. The smallest absolute Gasteiger partial charge is 0.253 e. The summed E-state index contributed by atoms with van der Waals surface area (Å²) in [4.78, 5) is 19.9. The fraction of sp³-hybridized carbons (Fsp3) is 0.250. The van der Waals surface area contributed by atoms with Gasteiger partial charge in [-0.2, -0.15) is 0 Å². The van der Waals surface area contributed by atoms with Gasteiger partial charge in [0.05, 0.1) is 32.9 Å². The van der Waals surface area contributed by atoms with Crippen molar-refractivity contribution in [3.05, 3.63) is 83.3 Å². The van der Waals surface area contributed by atoms with Gasteiger partial charge in [0.25, 0.3) is 5.91 Å². The maximum absolute atomic E-state index is 13.1. The first-order valence-corrected chi connectivity index (χ1v) is 13.1. The fourth-order valence-electron chi connectivity index (χ4n) is 4.05. The minimum atomic E-state index is -3.70. The van der Waals surface area contributed by atoms with E-state index in [1.807, 2.05) is 23.1 Å². The minimum Gasteiger partial charge on any atom is -0.468 e. The highest BCUT2D eigenvalue weighted by atomic mass is 32.2. The first-order chi connectivity index (χ1) is 16.0. The van der Waals surface area contributed by atoms with E-state index in [9.17, 15) is 13.2 Å². The molecule has 4 aromatic rings.